The van der Waals surface area contributed by atoms with Gasteiger partial charge in [-0.2, -0.15) is 0 Å². The zero-order chi connectivity index (χ0) is 13.7. The van der Waals surface area contributed by atoms with Crippen LogP contribution in [0.3, 0.4) is 0 Å². The maximum absolute atomic E-state index is 6.01. The van der Waals surface area contributed by atoms with Crippen LogP contribution >= 0.6 is 11.6 Å². The molecule has 1 aromatic rings. The van der Waals surface area contributed by atoms with Crippen LogP contribution in [0.15, 0.2) is 42.6 Å². The summed E-state index contributed by atoms with van der Waals surface area (Å²) in [4.78, 5) is 6.18. The summed E-state index contributed by atoms with van der Waals surface area (Å²) in [6.45, 7) is 7.73. The minimum absolute atomic E-state index is 0.513. The van der Waals surface area contributed by atoms with E-state index < -0.39 is 0 Å². The molecule has 0 fully saturated rings. The Labute approximate surface area is 114 Å². The van der Waals surface area contributed by atoms with Gasteiger partial charge in [-0.3, -0.25) is 0 Å². The highest BCUT2D eigenvalue weighted by Crippen LogP contribution is 2.21. The third-order valence-corrected chi connectivity index (χ3v) is 2.55. The standard InChI is InChI=1S/C15H19ClN2/c1-6-11(2)7-14(10-18(4)5)13-8-12(3)17-15(16)9-13/h6-10H,1H2,2-5H3/b11-7-,14-10+. The summed E-state index contributed by atoms with van der Waals surface area (Å²) < 4.78 is 0. The van der Waals surface area contributed by atoms with E-state index in [2.05, 4.69) is 23.8 Å². The average Bonchev–Trinajstić information content (AvgIpc) is 2.26. The molecule has 18 heavy (non-hydrogen) atoms. The van der Waals surface area contributed by atoms with E-state index in [9.17, 15) is 0 Å². The van der Waals surface area contributed by atoms with E-state index in [1.165, 1.54) is 0 Å². The van der Waals surface area contributed by atoms with Crippen LogP contribution in [0.5, 0.6) is 0 Å². The van der Waals surface area contributed by atoms with Crippen molar-refractivity contribution in [3.8, 4) is 0 Å². The van der Waals surface area contributed by atoms with Gasteiger partial charge in [-0.25, -0.2) is 4.98 Å². The number of rotatable bonds is 4. The average molecular weight is 263 g/mol. The van der Waals surface area contributed by atoms with Crippen LogP contribution < -0.4 is 0 Å². The zero-order valence-electron chi connectivity index (χ0n) is 11.4. The second kappa shape index (κ2) is 6.41. The smallest absolute Gasteiger partial charge is 0.129 e. The van der Waals surface area contributed by atoms with Gasteiger partial charge in [-0.05, 0) is 37.1 Å². The summed E-state index contributed by atoms with van der Waals surface area (Å²) in [7, 11) is 3.99. The van der Waals surface area contributed by atoms with Crippen LogP contribution in [0.2, 0.25) is 5.15 Å². The molecule has 1 rings (SSSR count). The van der Waals surface area contributed by atoms with Crippen LogP contribution in [0.1, 0.15) is 18.2 Å². The maximum atomic E-state index is 6.01. The third kappa shape index (κ3) is 4.38. The fourth-order valence-corrected chi connectivity index (χ4v) is 1.82. The number of pyridine rings is 1. The Morgan fingerprint density at radius 2 is 2.06 bits per heavy atom. The van der Waals surface area contributed by atoms with Crippen molar-refractivity contribution in [3.63, 3.8) is 0 Å². The van der Waals surface area contributed by atoms with Crippen molar-refractivity contribution < 1.29 is 0 Å². The van der Waals surface area contributed by atoms with Crippen molar-refractivity contribution >= 4 is 17.2 Å². The van der Waals surface area contributed by atoms with E-state index in [1.54, 1.807) is 0 Å². The normalized spacial score (nSPS) is 12.5. The van der Waals surface area contributed by atoms with E-state index in [4.69, 9.17) is 11.6 Å². The lowest BCUT2D eigenvalue weighted by atomic mass is 10.0. The molecule has 1 heterocycles. The molecule has 0 atom stereocenters. The Hall–Kier alpha value is -1.54. The van der Waals surface area contributed by atoms with Crippen LogP contribution in [0.4, 0.5) is 0 Å². The second-order valence-corrected chi connectivity index (χ2v) is 4.85. The van der Waals surface area contributed by atoms with E-state index in [1.807, 2.05) is 51.1 Å². The van der Waals surface area contributed by atoms with Crippen LogP contribution in [-0.2, 0) is 0 Å². The molecule has 2 nitrogen and oxygen atoms in total. The van der Waals surface area contributed by atoms with Gasteiger partial charge < -0.3 is 4.90 Å². The largest absolute Gasteiger partial charge is 0.383 e. The lowest BCUT2D eigenvalue weighted by Gasteiger charge is -2.11. The molecule has 0 aliphatic rings. The molecular formula is C15H19ClN2. The first-order chi connectivity index (χ1) is 8.42. The number of halogens is 1. The third-order valence-electron chi connectivity index (χ3n) is 2.36. The van der Waals surface area contributed by atoms with Crippen LogP contribution in [-0.4, -0.2) is 24.0 Å². The van der Waals surface area contributed by atoms with Crippen molar-refractivity contribution in [2.45, 2.75) is 13.8 Å². The van der Waals surface area contributed by atoms with E-state index in [0.717, 1.165) is 22.4 Å². The monoisotopic (exact) mass is 262 g/mol. The predicted molar refractivity (Wildman–Crippen MR) is 79.6 cm³/mol. The Morgan fingerprint density at radius 1 is 1.39 bits per heavy atom. The van der Waals surface area contributed by atoms with Gasteiger partial charge in [0.2, 0.25) is 0 Å². The highest BCUT2D eigenvalue weighted by molar-refractivity contribution is 6.29. The van der Waals surface area contributed by atoms with E-state index >= 15 is 0 Å². The molecule has 0 saturated carbocycles. The summed E-state index contributed by atoms with van der Waals surface area (Å²) in [5.41, 5.74) is 4.16. The number of allylic oxidation sites excluding steroid dienone is 4. The molecule has 1 aromatic heterocycles. The Bertz CT molecular complexity index is 479. The summed E-state index contributed by atoms with van der Waals surface area (Å²) >= 11 is 6.01. The van der Waals surface area contributed by atoms with Crippen molar-refractivity contribution in [1.82, 2.24) is 9.88 Å². The highest BCUT2D eigenvalue weighted by Gasteiger charge is 2.03. The fraction of sp³-hybridized carbons (Fsp3) is 0.267. The van der Waals surface area contributed by atoms with E-state index in [0.29, 0.717) is 5.15 Å². The molecule has 0 N–H and O–H groups in total. The lowest BCUT2D eigenvalue weighted by molar-refractivity contribution is 0.566. The highest BCUT2D eigenvalue weighted by atomic mass is 35.5. The molecule has 0 saturated heterocycles. The number of aryl methyl sites for hydroxylation is 1. The molecule has 0 bridgehead atoms. The molecule has 3 heteroatoms. The number of hydrogen-bond acceptors (Lipinski definition) is 2. The summed E-state index contributed by atoms with van der Waals surface area (Å²) in [6.07, 6.45) is 5.97. The topological polar surface area (TPSA) is 16.1 Å². The molecular weight excluding hydrogens is 244 g/mol. The minimum atomic E-state index is 0.513. The summed E-state index contributed by atoms with van der Waals surface area (Å²) in [5.74, 6) is 0. The Morgan fingerprint density at radius 3 is 2.56 bits per heavy atom. The van der Waals surface area contributed by atoms with Gasteiger partial charge >= 0.3 is 0 Å². The summed E-state index contributed by atoms with van der Waals surface area (Å²) in [5, 5.41) is 0.513. The number of nitrogens with zero attached hydrogens (tertiary/aromatic N) is 2. The van der Waals surface area contributed by atoms with E-state index in [-0.39, 0.29) is 0 Å². The van der Waals surface area contributed by atoms with Crippen molar-refractivity contribution in [2.75, 3.05) is 14.1 Å². The first-order valence-electron chi connectivity index (χ1n) is 5.76. The van der Waals surface area contributed by atoms with Gasteiger partial charge in [0.05, 0.1) is 0 Å². The van der Waals surface area contributed by atoms with Crippen LogP contribution in [0, 0.1) is 6.92 Å². The molecule has 0 amide bonds. The quantitative estimate of drug-likeness (QED) is 0.600. The molecule has 96 valence electrons. The SMILES string of the molecule is C=C/C(C)=C\C(=C/N(C)C)c1cc(C)nc(Cl)c1. The van der Waals surface area contributed by atoms with Gasteiger partial charge in [0.15, 0.2) is 0 Å². The van der Waals surface area contributed by atoms with Crippen molar-refractivity contribution in [3.05, 3.63) is 59.0 Å². The van der Waals surface area contributed by atoms with Crippen LogP contribution in [0.25, 0.3) is 5.57 Å². The second-order valence-electron chi connectivity index (χ2n) is 4.46. The molecule has 0 unspecified atom stereocenters. The van der Waals surface area contributed by atoms with Gasteiger partial charge in [0, 0.05) is 26.0 Å². The first-order valence-corrected chi connectivity index (χ1v) is 6.13. The summed E-state index contributed by atoms with van der Waals surface area (Å²) in [6, 6.07) is 3.89. The molecule has 0 aromatic carbocycles. The first kappa shape index (κ1) is 14.5. The molecule has 0 radical (unpaired) electrons. The number of hydrogen-bond donors (Lipinski definition) is 0. The van der Waals surface area contributed by atoms with Gasteiger partial charge in [-0.15, -0.1) is 0 Å². The Balaban J connectivity index is 3.30. The molecule has 0 spiro atoms. The fourth-order valence-electron chi connectivity index (χ4n) is 1.57. The maximum Gasteiger partial charge on any atom is 0.129 e. The zero-order valence-corrected chi connectivity index (χ0v) is 12.1. The lowest BCUT2D eigenvalue weighted by Crippen LogP contribution is -2.02. The predicted octanol–water partition coefficient (Wildman–Crippen LogP) is 4.08. The van der Waals surface area contributed by atoms with Gasteiger partial charge in [0.1, 0.15) is 5.15 Å². The van der Waals surface area contributed by atoms with Crippen molar-refractivity contribution in [1.29, 1.82) is 0 Å². The molecule has 0 aliphatic carbocycles. The molecule has 0 aliphatic heterocycles. The van der Waals surface area contributed by atoms with Crippen molar-refractivity contribution in [2.24, 2.45) is 0 Å². The minimum Gasteiger partial charge on any atom is -0.383 e. The van der Waals surface area contributed by atoms with Gasteiger partial charge in [-0.1, -0.05) is 35.9 Å². The van der Waals surface area contributed by atoms with Gasteiger partial charge in [0.25, 0.3) is 0 Å². The number of aromatic nitrogens is 1. The Kier molecular flexibility index (Phi) is 5.17.